The summed E-state index contributed by atoms with van der Waals surface area (Å²) in [6, 6.07) is 11.2. The molecule has 0 aromatic heterocycles. The molecule has 1 aromatic carbocycles. The number of nitrogens with zero attached hydrogens (tertiary/aromatic N) is 2. The first-order valence-corrected chi connectivity index (χ1v) is 8.18. The highest BCUT2D eigenvalue weighted by molar-refractivity contribution is 5.29. The lowest BCUT2D eigenvalue weighted by Gasteiger charge is -2.31. The van der Waals surface area contributed by atoms with Crippen molar-refractivity contribution in [2.75, 3.05) is 19.6 Å². The predicted octanol–water partition coefficient (Wildman–Crippen LogP) is 3.11. The van der Waals surface area contributed by atoms with Gasteiger partial charge >= 0.3 is 0 Å². The van der Waals surface area contributed by atoms with E-state index < -0.39 is 0 Å². The summed E-state index contributed by atoms with van der Waals surface area (Å²) in [5, 5.41) is 12.8. The number of benzene rings is 1. The third-order valence-corrected chi connectivity index (χ3v) is 4.62. The van der Waals surface area contributed by atoms with Gasteiger partial charge in [0.25, 0.3) is 0 Å². The van der Waals surface area contributed by atoms with Gasteiger partial charge in [0.2, 0.25) is 0 Å². The molecule has 21 heavy (non-hydrogen) atoms. The van der Waals surface area contributed by atoms with E-state index in [-0.39, 0.29) is 5.54 Å². The van der Waals surface area contributed by atoms with Crippen LogP contribution in [0.1, 0.15) is 44.2 Å². The van der Waals surface area contributed by atoms with Crippen molar-refractivity contribution in [2.45, 2.75) is 51.6 Å². The van der Waals surface area contributed by atoms with E-state index >= 15 is 0 Å². The maximum absolute atomic E-state index is 9.45. The lowest BCUT2D eigenvalue weighted by molar-refractivity contribution is 0.236. The Morgan fingerprint density at radius 1 is 1.29 bits per heavy atom. The first kappa shape index (κ1) is 16.0. The first-order chi connectivity index (χ1) is 10.2. The molecule has 114 valence electrons. The topological polar surface area (TPSA) is 39.1 Å². The number of fused-ring (bicyclic) bond motifs is 1. The zero-order valence-electron chi connectivity index (χ0n) is 13.4. The molecule has 3 heteroatoms. The Bertz CT molecular complexity index is 491. The molecule has 0 spiro atoms. The summed E-state index contributed by atoms with van der Waals surface area (Å²) < 4.78 is 0. The second-order valence-corrected chi connectivity index (χ2v) is 5.98. The molecule has 1 aromatic rings. The molecule has 0 saturated heterocycles. The average molecular weight is 285 g/mol. The highest BCUT2D eigenvalue weighted by atomic mass is 15.1. The lowest BCUT2D eigenvalue weighted by Crippen LogP contribution is -2.44. The van der Waals surface area contributed by atoms with Gasteiger partial charge in [-0.05, 0) is 49.9 Å². The van der Waals surface area contributed by atoms with Crippen molar-refractivity contribution in [1.29, 1.82) is 5.26 Å². The molecular formula is C18H27N3. The Morgan fingerprint density at radius 3 is 2.71 bits per heavy atom. The summed E-state index contributed by atoms with van der Waals surface area (Å²) in [7, 11) is 0. The van der Waals surface area contributed by atoms with Crippen molar-refractivity contribution < 1.29 is 0 Å². The van der Waals surface area contributed by atoms with E-state index in [4.69, 9.17) is 0 Å². The van der Waals surface area contributed by atoms with Crippen LogP contribution in [0.3, 0.4) is 0 Å². The second kappa shape index (κ2) is 7.59. The molecule has 0 radical (unpaired) electrons. The van der Waals surface area contributed by atoms with Crippen LogP contribution in [-0.2, 0) is 13.0 Å². The van der Waals surface area contributed by atoms with E-state index in [0.29, 0.717) is 0 Å². The molecular weight excluding hydrogens is 258 g/mol. The van der Waals surface area contributed by atoms with Gasteiger partial charge in [-0.25, -0.2) is 0 Å². The highest BCUT2D eigenvalue weighted by Crippen LogP contribution is 2.21. The fourth-order valence-corrected chi connectivity index (χ4v) is 3.25. The van der Waals surface area contributed by atoms with E-state index in [1.807, 2.05) is 0 Å². The van der Waals surface area contributed by atoms with Crippen molar-refractivity contribution in [3.05, 3.63) is 35.4 Å². The van der Waals surface area contributed by atoms with Crippen molar-refractivity contribution in [1.82, 2.24) is 10.2 Å². The Morgan fingerprint density at radius 2 is 2.05 bits per heavy atom. The van der Waals surface area contributed by atoms with Gasteiger partial charge in [-0.3, -0.25) is 10.2 Å². The largest absolute Gasteiger partial charge is 0.300 e. The summed E-state index contributed by atoms with van der Waals surface area (Å²) in [5.41, 5.74) is 2.64. The zero-order valence-corrected chi connectivity index (χ0v) is 13.4. The highest BCUT2D eigenvalue weighted by Gasteiger charge is 2.26. The van der Waals surface area contributed by atoms with Crippen LogP contribution in [-0.4, -0.2) is 30.1 Å². The molecule has 0 bridgehead atoms. The van der Waals surface area contributed by atoms with Gasteiger partial charge in [-0.2, -0.15) is 5.26 Å². The number of rotatable bonds is 7. The average Bonchev–Trinajstić information content (AvgIpc) is 2.54. The summed E-state index contributed by atoms with van der Waals surface area (Å²) in [4.78, 5) is 2.52. The number of nitriles is 1. The third kappa shape index (κ3) is 4.06. The fourth-order valence-electron chi connectivity index (χ4n) is 3.25. The minimum Gasteiger partial charge on any atom is -0.300 e. The monoisotopic (exact) mass is 285 g/mol. The summed E-state index contributed by atoms with van der Waals surface area (Å²) in [6.45, 7) is 8.32. The van der Waals surface area contributed by atoms with Crippen LogP contribution in [0.15, 0.2) is 24.3 Å². The van der Waals surface area contributed by atoms with Crippen molar-refractivity contribution in [3.63, 3.8) is 0 Å². The van der Waals surface area contributed by atoms with E-state index in [9.17, 15) is 5.26 Å². The fraction of sp³-hybridized carbons (Fsp3) is 0.611. The van der Waals surface area contributed by atoms with Gasteiger partial charge in [0, 0.05) is 13.1 Å². The van der Waals surface area contributed by atoms with Crippen LogP contribution in [0.5, 0.6) is 0 Å². The van der Waals surface area contributed by atoms with Gasteiger partial charge in [0.1, 0.15) is 5.54 Å². The molecule has 1 aliphatic rings. The molecule has 0 amide bonds. The number of nitrogens with one attached hydrogen (secondary N) is 1. The summed E-state index contributed by atoms with van der Waals surface area (Å²) in [5.74, 6) is 0. The van der Waals surface area contributed by atoms with Crippen molar-refractivity contribution in [3.8, 4) is 6.07 Å². The maximum atomic E-state index is 9.45. The minimum absolute atomic E-state index is 0.331. The van der Waals surface area contributed by atoms with Crippen LogP contribution in [0, 0.1) is 11.3 Å². The molecule has 0 aliphatic carbocycles. The molecule has 1 aliphatic heterocycles. The Kier molecular flexibility index (Phi) is 5.78. The van der Waals surface area contributed by atoms with Gasteiger partial charge in [-0.1, -0.05) is 38.1 Å². The van der Waals surface area contributed by atoms with Crippen molar-refractivity contribution >= 4 is 0 Å². The summed E-state index contributed by atoms with van der Waals surface area (Å²) in [6.07, 6.45) is 4.04. The van der Waals surface area contributed by atoms with Gasteiger partial charge in [0.15, 0.2) is 0 Å². The second-order valence-electron chi connectivity index (χ2n) is 5.98. The predicted molar refractivity (Wildman–Crippen MR) is 87.0 cm³/mol. The quantitative estimate of drug-likeness (QED) is 0.836. The van der Waals surface area contributed by atoms with E-state index in [0.717, 1.165) is 51.9 Å². The SMILES string of the molecule is CCNC(C#N)(CC)CCCN1CCc2ccccc2C1. The van der Waals surface area contributed by atoms with Gasteiger partial charge in [-0.15, -0.1) is 0 Å². The molecule has 0 saturated carbocycles. The molecule has 3 nitrogen and oxygen atoms in total. The van der Waals surface area contributed by atoms with Gasteiger partial charge in [0.05, 0.1) is 6.07 Å². The Hall–Kier alpha value is -1.37. The lowest BCUT2D eigenvalue weighted by atomic mass is 9.91. The molecule has 1 N–H and O–H groups in total. The normalized spacial score (nSPS) is 17.8. The Balaban J connectivity index is 1.83. The van der Waals surface area contributed by atoms with Crippen LogP contribution >= 0.6 is 0 Å². The van der Waals surface area contributed by atoms with Crippen LogP contribution in [0.25, 0.3) is 0 Å². The van der Waals surface area contributed by atoms with Crippen molar-refractivity contribution in [2.24, 2.45) is 0 Å². The first-order valence-electron chi connectivity index (χ1n) is 8.18. The number of hydrogen-bond acceptors (Lipinski definition) is 3. The minimum atomic E-state index is -0.331. The molecule has 0 fully saturated rings. The van der Waals surface area contributed by atoms with Crippen LogP contribution < -0.4 is 5.32 Å². The smallest absolute Gasteiger partial charge is 0.106 e. The summed E-state index contributed by atoms with van der Waals surface area (Å²) >= 11 is 0. The van der Waals surface area contributed by atoms with Gasteiger partial charge < -0.3 is 0 Å². The molecule has 1 heterocycles. The molecule has 2 rings (SSSR count). The van der Waals surface area contributed by atoms with Crippen LogP contribution in [0.4, 0.5) is 0 Å². The standard InChI is InChI=1S/C18H27N3/c1-3-18(15-19,20-4-2)11-7-12-21-13-10-16-8-5-6-9-17(16)14-21/h5-6,8-9,20H,3-4,7,10-14H2,1-2H3. The Labute approximate surface area is 129 Å². The zero-order chi connectivity index (χ0) is 15.1. The maximum Gasteiger partial charge on any atom is 0.106 e. The van der Waals surface area contributed by atoms with E-state index in [1.54, 1.807) is 0 Å². The molecule has 1 unspecified atom stereocenters. The number of hydrogen-bond donors (Lipinski definition) is 1. The third-order valence-electron chi connectivity index (χ3n) is 4.62. The van der Waals surface area contributed by atoms with Crippen LogP contribution in [0.2, 0.25) is 0 Å². The van der Waals surface area contributed by atoms with E-state index in [1.165, 1.54) is 11.1 Å². The van der Waals surface area contributed by atoms with E-state index in [2.05, 4.69) is 54.4 Å². The molecule has 1 atom stereocenters.